The summed E-state index contributed by atoms with van der Waals surface area (Å²) in [6, 6.07) is 9.51. The minimum atomic E-state index is -0.643. The van der Waals surface area contributed by atoms with E-state index in [9.17, 15) is 10.2 Å². The van der Waals surface area contributed by atoms with E-state index < -0.39 is 12.1 Å². The number of aromatic nitrogens is 3. The van der Waals surface area contributed by atoms with E-state index in [4.69, 9.17) is 21.6 Å². The summed E-state index contributed by atoms with van der Waals surface area (Å²) in [4.78, 5) is 8.46. The summed E-state index contributed by atoms with van der Waals surface area (Å²) in [6.45, 7) is 1.05. The van der Waals surface area contributed by atoms with Gasteiger partial charge >= 0.3 is 29.6 Å². The molecule has 12 heteroatoms. The molecule has 3 rings (SSSR count). The van der Waals surface area contributed by atoms with Gasteiger partial charge in [-0.15, -0.1) is 0 Å². The van der Waals surface area contributed by atoms with Gasteiger partial charge in [-0.05, 0) is 11.8 Å². The molecule has 0 fully saturated rings. The van der Waals surface area contributed by atoms with E-state index in [1.807, 2.05) is 53.3 Å². The van der Waals surface area contributed by atoms with Crippen LogP contribution in [0.5, 0.6) is 0 Å². The first-order valence-electron chi connectivity index (χ1n) is 9.47. The Morgan fingerprint density at radius 3 is 2.67 bits per heavy atom. The standard InChI is InChI=1S/C20H25ClN4O3S.CH3BN.Na/c1-29-11-17(27)16(9-26)22-7-15-8-25(19-18(15)23-12-24-20(19)21)13-28-10-14-5-3-2-4-6-14;2-1-3;/h2-6,8,12,16-17,22,26-27H,7,9-11,13H2,1H3;2H3;/q;-1;+1/t16-,17-;;/m1../s1. The summed E-state index contributed by atoms with van der Waals surface area (Å²) in [7, 11) is 0.0694. The fourth-order valence-electron chi connectivity index (χ4n) is 3.08. The normalized spacial score (nSPS) is 12.2. The molecule has 2 aromatic heterocycles. The van der Waals surface area contributed by atoms with E-state index in [2.05, 4.69) is 15.3 Å². The number of aliphatic hydroxyl groups is 2. The number of hydrogen-bond donors (Lipinski definition) is 3. The summed E-state index contributed by atoms with van der Waals surface area (Å²) >= 11 is 7.85. The SMILES string of the molecule is CSC[C@@H](O)[C@@H](CO)NCc1cn(COCc2ccccc2)c2c(Cl)ncnc12.[BH3-]C#N.[Na+]. The van der Waals surface area contributed by atoms with E-state index in [1.165, 1.54) is 18.1 Å². The van der Waals surface area contributed by atoms with Gasteiger partial charge in [-0.25, -0.2) is 9.97 Å². The molecule has 0 radical (unpaired) electrons. The Labute approximate surface area is 226 Å². The van der Waals surface area contributed by atoms with Crippen LogP contribution in [0, 0.1) is 11.2 Å². The summed E-state index contributed by atoms with van der Waals surface area (Å²) in [5.74, 6) is 2.54. The second-order valence-electron chi connectivity index (χ2n) is 6.64. The van der Waals surface area contributed by atoms with Crippen LogP contribution in [0.3, 0.4) is 0 Å². The van der Waals surface area contributed by atoms with Gasteiger partial charge in [0, 0.05) is 24.1 Å². The van der Waals surface area contributed by atoms with Crippen molar-refractivity contribution in [2.75, 3.05) is 18.6 Å². The van der Waals surface area contributed by atoms with E-state index in [0.29, 0.717) is 36.3 Å². The third-order valence-electron chi connectivity index (χ3n) is 4.58. The summed E-state index contributed by atoms with van der Waals surface area (Å²) in [5.41, 5.74) is 3.39. The van der Waals surface area contributed by atoms with Crippen LogP contribution >= 0.6 is 23.4 Å². The number of hydrogen-bond acceptors (Lipinski definition) is 8. The van der Waals surface area contributed by atoms with Crippen molar-refractivity contribution in [2.45, 2.75) is 32.0 Å². The summed E-state index contributed by atoms with van der Waals surface area (Å²) < 4.78 is 7.72. The number of halogens is 1. The molecule has 3 aromatic rings. The molecule has 0 aliphatic carbocycles. The van der Waals surface area contributed by atoms with Crippen LogP contribution in [-0.2, 0) is 24.6 Å². The zero-order chi connectivity index (χ0) is 23.3. The van der Waals surface area contributed by atoms with Crippen LogP contribution in [-0.4, -0.2) is 63.4 Å². The molecule has 0 saturated heterocycles. The topological polar surface area (TPSA) is 116 Å². The van der Waals surface area contributed by atoms with Crippen LogP contribution in [0.15, 0.2) is 42.9 Å². The summed E-state index contributed by atoms with van der Waals surface area (Å²) in [5, 5.41) is 30.7. The van der Waals surface area contributed by atoms with Gasteiger partial charge < -0.3 is 24.8 Å². The number of nitriles is 1. The smallest absolute Gasteiger partial charge is 0.395 e. The maximum Gasteiger partial charge on any atom is 1.00 e. The number of fused-ring (bicyclic) bond motifs is 1. The predicted molar refractivity (Wildman–Crippen MR) is 131 cm³/mol. The maximum atomic E-state index is 10.2. The summed E-state index contributed by atoms with van der Waals surface area (Å²) in [6.07, 6.45) is 4.61. The molecule has 1 aromatic carbocycles. The first-order chi connectivity index (χ1) is 15.5. The van der Waals surface area contributed by atoms with Crippen molar-refractivity contribution in [1.29, 1.82) is 5.26 Å². The third kappa shape index (κ3) is 9.21. The quantitative estimate of drug-likeness (QED) is 0.211. The Kier molecular flexibility index (Phi) is 14.9. The van der Waals surface area contributed by atoms with Crippen LogP contribution in [0.4, 0.5) is 0 Å². The van der Waals surface area contributed by atoms with Crippen LogP contribution in [0.25, 0.3) is 11.0 Å². The van der Waals surface area contributed by atoms with E-state index >= 15 is 0 Å². The Hall–Kier alpha value is -1.13. The molecule has 8 nitrogen and oxygen atoms in total. The predicted octanol–water partition coefficient (Wildman–Crippen LogP) is -1.73. The van der Waals surface area contributed by atoms with Crippen molar-refractivity contribution in [3.8, 4) is 5.97 Å². The van der Waals surface area contributed by atoms with Crippen molar-refractivity contribution in [3.63, 3.8) is 0 Å². The molecule has 3 N–H and O–H groups in total. The number of rotatable bonds is 11. The number of thioether (sulfide) groups is 1. The van der Waals surface area contributed by atoms with Gasteiger partial charge in [0.05, 0.1) is 38.7 Å². The van der Waals surface area contributed by atoms with Crippen molar-refractivity contribution in [2.24, 2.45) is 0 Å². The molecule has 0 aliphatic heterocycles. The number of ether oxygens (including phenoxy) is 1. The van der Waals surface area contributed by atoms with Gasteiger partial charge in [-0.1, -0.05) is 41.9 Å². The molecular formula is C21H28BClN5NaO3S. The molecule has 0 aliphatic rings. The number of nitrogens with one attached hydrogen (secondary N) is 1. The van der Waals surface area contributed by atoms with Crippen LogP contribution in [0.2, 0.25) is 5.15 Å². The molecule has 0 unspecified atom stereocenters. The van der Waals surface area contributed by atoms with Crippen molar-refractivity contribution in [1.82, 2.24) is 19.9 Å². The minimum absolute atomic E-state index is 0. The molecule has 0 bridgehead atoms. The fraction of sp³-hybridized carbons (Fsp3) is 0.381. The Morgan fingerprint density at radius 2 is 2.03 bits per heavy atom. The molecule has 33 heavy (non-hydrogen) atoms. The molecule has 0 saturated carbocycles. The Bertz CT molecular complexity index is 1010. The molecule has 0 spiro atoms. The average molecular weight is 500 g/mol. The first kappa shape index (κ1) is 29.9. The van der Waals surface area contributed by atoms with Gasteiger partial charge in [0.25, 0.3) is 0 Å². The van der Waals surface area contributed by atoms with E-state index in [1.54, 1.807) is 0 Å². The molecular weight excluding hydrogens is 472 g/mol. The van der Waals surface area contributed by atoms with Gasteiger partial charge in [0.2, 0.25) is 0 Å². The average Bonchev–Trinajstić information content (AvgIpc) is 3.15. The Morgan fingerprint density at radius 1 is 1.33 bits per heavy atom. The third-order valence-corrected chi connectivity index (χ3v) is 5.53. The molecule has 0 amide bonds. The molecule has 172 valence electrons. The second kappa shape index (κ2) is 16.5. The molecule has 2 atom stereocenters. The second-order valence-corrected chi connectivity index (χ2v) is 7.91. The van der Waals surface area contributed by atoms with Crippen molar-refractivity contribution < 1.29 is 44.5 Å². The number of benzene rings is 1. The first-order valence-corrected chi connectivity index (χ1v) is 11.2. The Balaban J connectivity index is 0.00000129. The van der Waals surface area contributed by atoms with Crippen molar-refractivity contribution >= 4 is 42.2 Å². The number of aliphatic hydroxyl groups excluding tert-OH is 2. The van der Waals surface area contributed by atoms with Crippen LogP contribution in [0.1, 0.15) is 11.1 Å². The van der Waals surface area contributed by atoms with E-state index in [0.717, 1.165) is 16.6 Å². The van der Waals surface area contributed by atoms with Gasteiger partial charge in [-0.3, -0.25) is 5.26 Å². The van der Waals surface area contributed by atoms with Gasteiger partial charge in [0.15, 0.2) is 5.15 Å². The largest absolute Gasteiger partial charge is 1.00 e. The number of nitrogens with zero attached hydrogens (tertiary/aromatic N) is 4. The van der Waals surface area contributed by atoms with Crippen molar-refractivity contribution in [3.05, 3.63) is 59.1 Å². The monoisotopic (exact) mass is 499 g/mol. The van der Waals surface area contributed by atoms with Gasteiger partial charge in [0.1, 0.15) is 18.6 Å². The maximum absolute atomic E-state index is 10.2. The minimum Gasteiger partial charge on any atom is -0.395 e. The zero-order valence-electron chi connectivity index (χ0n) is 18.1. The van der Waals surface area contributed by atoms with Crippen LogP contribution < -0.4 is 34.9 Å². The van der Waals surface area contributed by atoms with Gasteiger partial charge in [-0.2, -0.15) is 17.7 Å². The molecule has 2 heterocycles. The zero-order valence-corrected chi connectivity index (χ0v) is 21.7. The fourth-order valence-corrected chi connectivity index (χ4v) is 3.89. The van der Waals surface area contributed by atoms with E-state index in [-0.39, 0.29) is 44.0 Å².